The van der Waals surface area contributed by atoms with Crippen molar-refractivity contribution in [2.24, 2.45) is 0 Å². The molecule has 0 heterocycles. The van der Waals surface area contributed by atoms with Gasteiger partial charge in [0.25, 0.3) is 0 Å². The Morgan fingerprint density at radius 3 is 1.77 bits per heavy atom. The average Bonchev–Trinajstić information content (AvgIpc) is 3.50. The van der Waals surface area contributed by atoms with Crippen LogP contribution in [-0.2, 0) is 31.1 Å². The van der Waals surface area contributed by atoms with Gasteiger partial charge in [-0.1, -0.05) is 0 Å². The van der Waals surface area contributed by atoms with Crippen molar-refractivity contribution in [2.45, 2.75) is 18.3 Å². The molecule has 40 heavy (non-hydrogen) atoms. The van der Waals surface area contributed by atoms with Crippen LogP contribution < -0.4 is 24.8 Å². The van der Waals surface area contributed by atoms with Crippen LogP contribution >= 0.6 is 0 Å². The molecule has 2 atom stereocenters. The minimum atomic E-state index is 0. The fourth-order valence-corrected chi connectivity index (χ4v) is 7.93. The van der Waals surface area contributed by atoms with Gasteiger partial charge in [0, 0.05) is 0 Å². The molecular formula is C37H27Cl2Zr. The summed E-state index contributed by atoms with van der Waals surface area (Å²) in [6, 6.07) is 49.0. The Kier molecular flexibility index (Phi) is 8.77. The Morgan fingerprint density at radius 2 is 1.07 bits per heavy atom. The van der Waals surface area contributed by atoms with Gasteiger partial charge in [0.05, 0.1) is 0 Å². The van der Waals surface area contributed by atoms with E-state index in [9.17, 15) is 0 Å². The third-order valence-corrected chi connectivity index (χ3v) is 9.36. The van der Waals surface area contributed by atoms with E-state index >= 15 is 0 Å². The summed E-state index contributed by atoms with van der Waals surface area (Å²) < 4.78 is 1.51. The van der Waals surface area contributed by atoms with Gasteiger partial charge in [0.15, 0.2) is 0 Å². The van der Waals surface area contributed by atoms with Gasteiger partial charge in [-0.25, -0.2) is 0 Å². The number of benzene rings is 5. The molecule has 193 valence electrons. The van der Waals surface area contributed by atoms with Crippen LogP contribution in [0.2, 0.25) is 0 Å². The van der Waals surface area contributed by atoms with Crippen LogP contribution in [-0.4, -0.2) is 0 Å². The molecule has 3 heteroatoms. The summed E-state index contributed by atoms with van der Waals surface area (Å²) in [5.74, 6) is 0.580. The summed E-state index contributed by atoms with van der Waals surface area (Å²) >= 11 is 1.48. The van der Waals surface area contributed by atoms with E-state index in [0.29, 0.717) is 5.92 Å². The number of hydrogen-bond donors (Lipinski definition) is 0. The third kappa shape index (κ3) is 5.01. The molecule has 0 spiro atoms. The maximum absolute atomic E-state index is 2.41. The topological polar surface area (TPSA) is 0 Å². The fraction of sp³-hybridized carbons (Fsp3) is 0.0811. The predicted molar refractivity (Wildman–Crippen MR) is 155 cm³/mol. The van der Waals surface area contributed by atoms with E-state index < -0.39 is 0 Å². The van der Waals surface area contributed by atoms with Crippen molar-refractivity contribution in [1.29, 1.82) is 0 Å². The second-order valence-corrected chi connectivity index (χ2v) is 11.5. The van der Waals surface area contributed by atoms with Gasteiger partial charge in [-0.3, -0.25) is 0 Å². The number of allylic oxidation sites excluding steroid dienone is 2. The zero-order valence-electron chi connectivity index (χ0n) is 21.9. The van der Waals surface area contributed by atoms with Crippen molar-refractivity contribution >= 4 is 20.5 Å². The quantitative estimate of drug-likeness (QED) is 0.279. The van der Waals surface area contributed by atoms with Crippen LogP contribution in [0.1, 0.15) is 56.3 Å². The second kappa shape index (κ2) is 12.3. The first-order valence-electron chi connectivity index (χ1n) is 13.3. The molecule has 2 unspecified atom stereocenters. The molecule has 2 aliphatic rings. The summed E-state index contributed by atoms with van der Waals surface area (Å²) in [5.41, 5.74) is 14.1. The number of rotatable bonds is 5. The molecule has 0 radical (unpaired) electrons. The van der Waals surface area contributed by atoms with E-state index in [2.05, 4.69) is 140 Å². The zero-order valence-corrected chi connectivity index (χ0v) is 25.9. The Bertz CT molecular complexity index is 1690. The monoisotopic (exact) mass is 631 g/mol. The van der Waals surface area contributed by atoms with Crippen molar-refractivity contribution < 1.29 is 49.5 Å². The van der Waals surface area contributed by atoms with Crippen LogP contribution in [0, 0.1) is 0 Å². The Balaban J connectivity index is 0.00000161. The first-order valence-corrected chi connectivity index (χ1v) is 14.6. The zero-order chi connectivity index (χ0) is 25.5. The molecule has 2 aliphatic carbocycles. The number of halogens is 2. The van der Waals surface area contributed by atoms with Crippen molar-refractivity contribution in [2.75, 3.05) is 0 Å². The van der Waals surface area contributed by atoms with Gasteiger partial charge < -0.3 is 24.8 Å². The van der Waals surface area contributed by atoms with Crippen LogP contribution in [0.5, 0.6) is 0 Å². The molecule has 0 nitrogen and oxygen atoms in total. The van der Waals surface area contributed by atoms with Crippen molar-refractivity contribution in [3.8, 4) is 0 Å². The molecule has 0 aliphatic heterocycles. The molecule has 0 aromatic heterocycles. The minimum absolute atomic E-state index is 0. The van der Waals surface area contributed by atoms with Crippen LogP contribution in [0.3, 0.4) is 0 Å². The van der Waals surface area contributed by atoms with E-state index in [0.717, 1.165) is 6.42 Å². The number of fused-ring (bicyclic) bond motifs is 2. The van der Waals surface area contributed by atoms with E-state index in [4.69, 9.17) is 0 Å². The standard InChI is InChI=1S/C37H27.2ClH.Zr/c1-4-13-26(14-5-1)23-35-31-21-12-22-32(36(31)25-33(35)27-15-6-2-7-16-27)37-30-20-11-10-19-29(30)24-34(37)28-17-8-3-9-18-28;;;/h1-22,24,35,37H,23H2;2*1H;/q;;;+2/p-2. The van der Waals surface area contributed by atoms with E-state index in [1.165, 1.54) is 83.7 Å². The molecule has 7 rings (SSSR count). The third-order valence-electron chi connectivity index (χ3n) is 8.09. The molecule has 0 amide bonds. The summed E-state index contributed by atoms with van der Waals surface area (Å²) in [6.45, 7) is 0. The summed E-state index contributed by atoms with van der Waals surface area (Å²) in [6.07, 6.45) is 3.43. The molecule has 0 bridgehead atoms. The SMILES string of the molecule is [Cl-].[Cl-].[Zr+2][C]1=C(c2ccccc2)C(Cc2ccccc2)c2cccc(C3C(c4ccccc4)=Cc4ccccc43)c21. The Labute approximate surface area is 264 Å². The predicted octanol–water partition coefficient (Wildman–Crippen LogP) is 3.14. The molecule has 5 aromatic rings. The molecule has 0 saturated carbocycles. The Morgan fingerprint density at radius 1 is 0.525 bits per heavy atom. The molecule has 0 N–H and O–H groups in total. The second-order valence-electron chi connectivity index (χ2n) is 10.2. The van der Waals surface area contributed by atoms with Gasteiger partial charge in [-0.05, 0) is 0 Å². The van der Waals surface area contributed by atoms with Crippen molar-refractivity contribution in [1.82, 2.24) is 0 Å². The van der Waals surface area contributed by atoms with E-state index in [-0.39, 0.29) is 30.7 Å². The summed E-state index contributed by atoms with van der Waals surface area (Å²) in [7, 11) is 0. The molecule has 5 aromatic carbocycles. The fourth-order valence-electron chi connectivity index (χ4n) is 6.44. The van der Waals surface area contributed by atoms with Crippen molar-refractivity contribution in [3.63, 3.8) is 0 Å². The first-order chi connectivity index (χ1) is 18.8. The summed E-state index contributed by atoms with van der Waals surface area (Å²) in [5, 5.41) is 0. The normalized spacial score (nSPS) is 16.9. The van der Waals surface area contributed by atoms with Crippen LogP contribution in [0.15, 0.2) is 133 Å². The van der Waals surface area contributed by atoms with E-state index in [1.54, 1.807) is 0 Å². The number of hydrogen-bond acceptors (Lipinski definition) is 0. The average molecular weight is 634 g/mol. The Hall–Kier alpha value is -2.96. The summed E-state index contributed by atoms with van der Waals surface area (Å²) in [4.78, 5) is 0. The van der Waals surface area contributed by atoms with Crippen LogP contribution in [0.25, 0.3) is 20.5 Å². The maximum atomic E-state index is 2.41. The molecular weight excluding hydrogens is 607 g/mol. The van der Waals surface area contributed by atoms with Gasteiger partial charge in [-0.15, -0.1) is 0 Å². The first kappa shape index (κ1) is 28.6. The molecule has 0 saturated heterocycles. The van der Waals surface area contributed by atoms with Gasteiger partial charge in [-0.2, -0.15) is 0 Å². The van der Waals surface area contributed by atoms with Gasteiger partial charge in [0.1, 0.15) is 0 Å². The van der Waals surface area contributed by atoms with E-state index in [1.807, 2.05) is 0 Å². The molecule has 0 fully saturated rings. The van der Waals surface area contributed by atoms with Gasteiger partial charge >= 0.3 is 241 Å². The van der Waals surface area contributed by atoms with Crippen LogP contribution in [0.4, 0.5) is 0 Å². The van der Waals surface area contributed by atoms with Gasteiger partial charge in [0.2, 0.25) is 0 Å². The van der Waals surface area contributed by atoms with Crippen molar-refractivity contribution in [3.05, 3.63) is 178 Å².